The summed E-state index contributed by atoms with van der Waals surface area (Å²) >= 11 is 0. The van der Waals surface area contributed by atoms with Crippen molar-refractivity contribution >= 4 is 0 Å². The summed E-state index contributed by atoms with van der Waals surface area (Å²) in [5.41, 5.74) is 0. The minimum absolute atomic E-state index is 0.291. The van der Waals surface area contributed by atoms with Gasteiger partial charge in [0.2, 0.25) is 0 Å². The van der Waals surface area contributed by atoms with Gasteiger partial charge in [0, 0.05) is 0 Å². The molecule has 0 aromatic rings. The summed E-state index contributed by atoms with van der Waals surface area (Å²) in [4.78, 5) is 0. The molecule has 0 aromatic carbocycles. The largest absolute Gasteiger partial charge is 0.394 e. The van der Waals surface area contributed by atoms with Gasteiger partial charge in [-0.15, -0.1) is 0 Å². The lowest BCUT2D eigenvalue weighted by molar-refractivity contribution is -0.127. The average molecular weight is 162 g/mol. The molecule has 0 amide bonds. The molecule has 2 fully saturated rings. The van der Waals surface area contributed by atoms with E-state index in [1.807, 2.05) is 0 Å². The van der Waals surface area contributed by atoms with E-state index in [9.17, 15) is 5.11 Å². The molecule has 2 rings (SSSR count). The number of hydrogen-bond acceptors (Lipinski definition) is 5. The van der Waals surface area contributed by atoms with E-state index in [1.54, 1.807) is 0 Å². The lowest BCUT2D eigenvalue weighted by Crippen LogP contribution is -2.40. The Morgan fingerprint density at radius 1 is 1.36 bits per heavy atom. The second kappa shape index (κ2) is 2.40. The summed E-state index contributed by atoms with van der Waals surface area (Å²) in [5.74, 6) is 0. The van der Waals surface area contributed by atoms with E-state index in [0.717, 1.165) is 0 Å². The Hall–Kier alpha value is -0.200. The topological polar surface area (TPSA) is 82.5 Å². The molecule has 0 spiro atoms. The zero-order chi connectivity index (χ0) is 8.01. The van der Waals surface area contributed by atoms with Gasteiger partial charge >= 0.3 is 0 Å². The summed E-state index contributed by atoms with van der Waals surface area (Å²) in [5, 5.41) is 26.9. The van der Waals surface area contributed by atoms with Crippen LogP contribution in [0, 0.1) is 0 Å². The number of aliphatic hydroxyl groups is 3. The molecule has 5 atom stereocenters. The summed E-state index contributed by atoms with van der Waals surface area (Å²) in [6, 6.07) is 0. The van der Waals surface area contributed by atoms with Crippen LogP contribution in [-0.2, 0) is 9.47 Å². The number of hydrogen-bond donors (Lipinski definition) is 3. The van der Waals surface area contributed by atoms with E-state index in [0.29, 0.717) is 0 Å². The fourth-order valence-electron chi connectivity index (χ4n) is 1.31. The van der Waals surface area contributed by atoms with Crippen molar-refractivity contribution in [2.24, 2.45) is 0 Å². The lowest BCUT2D eigenvalue weighted by Gasteiger charge is -2.20. The highest BCUT2D eigenvalue weighted by molar-refractivity contribution is 4.99. The molecule has 11 heavy (non-hydrogen) atoms. The normalized spacial score (nSPS) is 50.5. The van der Waals surface area contributed by atoms with Gasteiger partial charge in [-0.3, -0.25) is 0 Å². The van der Waals surface area contributed by atoms with Crippen LogP contribution >= 0.6 is 0 Å². The highest BCUT2D eigenvalue weighted by atomic mass is 16.8. The van der Waals surface area contributed by atoms with Crippen LogP contribution in [0.2, 0.25) is 0 Å². The number of ether oxygens (including phenoxy) is 2. The van der Waals surface area contributed by atoms with Crippen LogP contribution in [0.3, 0.4) is 0 Å². The van der Waals surface area contributed by atoms with E-state index >= 15 is 0 Å². The zero-order valence-corrected chi connectivity index (χ0v) is 5.75. The van der Waals surface area contributed by atoms with Crippen molar-refractivity contribution in [3.63, 3.8) is 0 Å². The van der Waals surface area contributed by atoms with Crippen molar-refractivity contribution in [1.29, 1.82) is 0 Å². The molecule has 0 unspecified atom stereocenters. The first-order valence-corrected chi connectivity index (χ1v) is 3.52. The third-order valence-corrected chi connectivity index (χ3v) is 2.01. The van der Waals surface area contributed by atoms with Crippen molar-refractivity contribution in [3.8, 4) is 0 Å². The van der Waals surface area contributed by atoms with E-state index in [4.69, 9.17) is 19.7 Å². The maximum atomic E-state index is 9.28. The second-order valence-corrected chi connectivity index (χ2v) is 2.81. The maximum Gasteiger partial charge on any atom is 0.187 e. The third-order valence-electron chi connectivity index (χ3n) is 2.01. The summed E-state index contributed by atoms with van der Waals surface area (Å²) in [6.45, 7) is -0.402. The van der Waals surface area contributed by atoms with Crippen molar-refractivity contribution in [2.45, 2.75) is 30.7 Å². The fourth-order valence-corrected chi connectivity index (χ4v) is 1.31. The van der Waals surface area contributed by atoms with Gasteiger partial charge in [0.15, 0.2) is 6.29 Å². The Kier molecular flexibility index (Phi) is 1.62. The van der Waals surface area contributed by atoms with Gasteiger partial charge in [0.05, 0.1) is 6.61 Å². The van der Waals surface area contributed by atoms with E-state index in [-0.39, 0.29) is 12.4 Å². The summed E-state index contributed by atoms with van der Waals surface area (Å²) in [6.07, 6.45) is -3.16. The number of rotatable bonds is 2. The van der Waals surface area contributed by atoms with Crippen molar-refractivity contribution in [1.82, 2.24) is 0 Å². The van der Waals surface area contributed by atoms with E-state index in [1.165, 1.54) is 0 Å². The van der Waals surface area contributed by atoms with Crippen molar-refractivity contribution in [3.05, 3.63) is 0 Å². The van der Waals surface area contributed by atoms with Crippen molar-refractivity contribution in [2.75, 3.05) is 6.61 Å². The first-order chi connectivity index (χ1) is 5.24. The first-order valence-electron chi connectivity index (χ1n) is 3.52. The molecule has 0 radical (unpaired) electrons. The van der Waals surface area contributed by atoms with Crippen LogP contribution in [0.5, 0.6) is 0 Å². The molecule has 5 nitrogen and oxygen atoms in total. The number of aliphatic hydroxyl groups excluding tert-OH is 3. The van der Waals surface area contributed by atoms with Gasteiger partial charge in [0.25, 0.3) is 0 Å². The van der Waals surface area contributed by atoms with Gasteiger partial charge < -0.3 is 24.8 Å². The van der Waals surface area contributed by atoms with Crippen LogP contribution in [0.15, 0.2) is 0 Å². The van der Waals surface area contributed by atoms with Crippen LogP contribution in [0.1, 0.15) is 0 Å². The Morgan fingerprint density at radius 2 is 2.09 bits per heavy atom. The predicted octanol–water partition coefficient (Wildman–Crippen LogP) is -2.18. The summed E-state index contributed by atoms with van der Waals surface area (Å²) < 4.78 is 9.84. The molecule has 0 aliphatic carbocycles. The van der Waals surface area contributed by atoms with Gasteiger partial charge in [-0.25, -0.2) is 0 Å². The van der Waals surface area contributed by atoms with Crippen LogP contribution < -0.4 is 0 Å². The molecule has 2 heterocycles. The Morgan fingerprint density at radius 3 is 2.55 bits per heavy atom. The molecule has 2 saturated heterocycles. The van der Waals surface area contributed by atoms with Gasteiger partial charge in [-0.2, -0.15) is 0 Å². The predicted molar refractivity (Wildman–Crippen MR) is 32.6 cm³/mol. The first kappa shape index (κ1) is 7.45. The molecule has 0 saturated carbocycles. The van der Waals surface area contributed by atoms with Gasteiger partial charge in [-0.1, -0.05) is 0 Å². The van der Waals surface area contributed by atoms with Crippen LogP contribution in [0.4, 0.5) is 0 Å². The lowest BCUT2D eigenvalue weighted by atomic mass is 10.1. The van der Waals surface area contributed by atoms with Crippen LogP contribution in [0.25, 0.3) is 0 Å². The zero-order valence-electron chi connectivity index (χ0n) is 5.75. The molecule has 64 valence electrons. The van der Waals surface area contributed by atoms with E-state index in [2.05, 4.69) is 0 Å². The second-order valence-electron chi connectivity index (χ2n) is 2.81. The standard InChI is InChI=1S/C6H10O5/c7-1-2(8)4-3(9)5-6(10-4)11-5/h2-9H,1H2/t2-,3+,4-,5-,6+/m1/s1. The molecule has 3 N–H and O–H groups in total. The smallest absolute Gasteiger partial charge is 0.187 e. The third kappa shape index (κ3) is 1.05. The Labute approximate surface area is 63.2 Å². The maximum absolute atomic E-state index is 9.28. The molecule has 2 aliphatic heterocycles. The monoisotopic (exact) mass is 162 g/mol. The number of fused-ring (bicyclic) bond motifs is 1. The van der Waals surface area contributed by atoms with Crippen LogP contribution in [-0.4, -0.2) is 52.6 Å². The van der Waals surface area contributed by atoms with E-state index < -0.39 is 24.9 Å². The van der Waals surface area contributed by atoms with Gasteiger partial charge in [-0.05, 0) is 0 Å². The Bertz CT molecular complexity index is 161. The minimum atomic E-state index is -1.01. The van der Waals surface area contributed by atoms with Crippen molar-refractivity contribution < 1.29 is 24.8 Å². The summed E-state index contributed by atoms with van der Waals surface area (Å²) in [7, 11) is 0. The molecular weight excluding hydrogens is 152 g/mol. The molecule has 5 heteroatoms. The Balaban J connectivity index is 1.95. The quantitative estimate of drug-likeness (QED) is 0.402. The average Bonchev–Trinajstić information content (AvgIpc) is 2.71. The molecule has 0 aromatic heterocycles. The highest BCUT2D eigenvalue weighted by Gasteiger charge is 2.58. The molecule has 0 bridgehead atoms. The van der Waals surface area contributed by atoms with Gasteiger partial charge in [0.1, 0.15) is 24.4 Å². The molecular formula is C6H10O5. The minimum Gasteiger partial charge on any atom is -0.394 e. The fraction of sp³-hybridized carbons (Fsp3) is 1.00. The molecule has 2 aliphatic rings. The number of epoxide rings is 1. The highest BCUT2D eigenvalue weighted by Crippen LogP contribution is 2.38. The SMILES string of the molecule is OC[C@@H](O)[C@H]1O[C@H]2O[C@@H]2[C@H]1O.